The first-order valence-corrected chi connectivity index (χ1v) is 4.26. The van der Waals surface area contributed by atoms with Crippen LogP contribution in [0.15, 0.2) is 0 Å². The third-order valence-corrected chi connectivity index (χ3v) is 4.05. The van der Waals surface area contributed by atoms with Gasteiger partial charge in [-0.05, 0) is 42.9 Å². The van der Waals surface area contributed by atoms with Crippen LogP contribution in [0.4, 0.5) is 0 Å². The molecule has 0 saturated heterocycles. The highest BCUT2D eigenvalue weighted by atomic mass is 14.6. The maximum atomic E-state index is 2.43. The molecular formula is C9H16. The highest BCUT2D eigenvalue weighted by Crippen LogP contribution is 2.62. The average Bonchev–Trinajstić information content (AvgIpc) is 1.82. The maximum Gasteiger partial charge on any atom is -0.0246 e. The van der Waals surface area contributed by atoms with Gasteiger partial charge in [0.25, 0.3) is 0 Å². The zero-order valence-corrected chi connectivity index (χ0v) is 6.48. The van der Waals surface area contributed by atoms with Crippen molar-refractivity contribution < 1.29 is 0 Å². The van der Waals surface area contributed by atoms with Crippen molar-refractivity contribution in [3.05, 3.63) is 0 Å². The van der Waals surface area contributed by atoms with Gasteiger partial charge in [0.1, 0.15) is 0 Å². The molecule has 0 aromatic heterocycles. The highest BCUT2D eigenvalue weighted by Gasteiger charge is 2.52. The zero-order valence-electron chi connectivity index (χ0n) is 6.48. The molecule has 0 N–H and O–H groups in total. The molecule has 2 fully saturated rings. The second kappa shape index (κ2) is 1.53. The van der Waals surface area contributed by atoms with Crippen molar-refractivity contribution in [1.82, 2.24) is 0 Å². The van der Waals surface area contributed by atoms with E-state index in [4.69, 9.17) is 0 Å². The molecule has 2 unspecified atom stereocenters. The van der Waals surface area contributed by atoms with E-state index < -0.39 is 0 Å². The zero-order chi connectivity index (χ0) is 6.48. The van der Waals surface area contributed by atoms with Crippen molar-refractivity contribution in [2.24, 2.45) is 17.3 Å². The smallest absolute Gasteiger partial charge is 0.0246 e. The summed E-state index contributed by atoms with van der Waals surface area (Å²) >= 11 is 0. The molecule has 0 heterocycles. The molecule has 2 saturated carbocycles. The van der Waals surface area contributed by atoms with Gasteiger partial charge in [-0.3, -0.25) is 0 Å². The van der Waals surface area contributed by atoms with Crippen molar-refractivity contribution in [2.45, 2.75) is 39.5 Å². The Morgan fingerprint density at radius 2 is 1.44 bits per heavy atom. The van der Waals surface area contributed by atoms with Crippen molar-refractivity contribution in [1.29, 1.82) is 0 Å². The van der Waals surface area contributed by atoms with Gasteiger partial charge in [-0.2, -0.15) is 0 Å². The average molecular weight is 124 g/mol. The minimum atomic E-state index is 0.861. The molecule has 0 heteroatoms. The molecule has 0 aliphatic heterocycles. The van der Waals surface area contributed by atoms with E-state index in [0.717, 1.165) is 17.3 Å². The Morgan fingerprint density at radius 1 is 1.00 bits per heavy atom. The Hall–Kier alpha value is 0. The third-order valence-electron chi connectivity index (χ3n) is 4.05. The van der Waals surface area contributed by atoms with Crippen molar-refractivity contribution in [3.8, 4) is 0 Å². The molecule has 2 aliphatic carbocycles. The summed E-state index contributed by atoms with van der Waals surface area (Å²) in [6.07, 6.45) is 6.08. The van der Waals surface area contributed by atoms with Gasteiger partial charge in [-0.25, -0.2) is 0 Å². The van der Waals surface area contributed by atoms with Crippen LogP contribution in [0.1, 0.15) is 39.5 Å². The second-order valence-electron chi connectivity index (χ2n) is 4.11. The van der Waals surface area contributed by atoms with E-state index >= 15 is 0 Å². The third kappa shape index (κ3) is 0.500. The molecule has 0 amide bonds. The summed E-state index contributed by atoms with van der Waals surface area (Å²) in [6.45, 7) is 4.86. The van der Waals surface area contributed by atoms with Crippen molar-refractivity contribution in [3.63, 3.8) is 0 Å². The quantitative estimate of drug-likeness (QED) is 0.466. The number of rotatable bonds is 0. The molecule has 0 bridgehead atoms. The summed E-state index contributed by atoms with van der Waals surface area (Å²) in [5.41, 5.74) is 0.861. The molecule has 0 radical (unpaired) electrons. The topological polar surface area (TPSA) is 0 Å². The fourth-order valence-electron chi connectivity index (χ4n) is 2.71. The monoisotopic (exact) mass is 124 g/mol. The summed E-state index contributed by atoms with van der Waals surface area (Å²) in [4.78, 5) is 0. The van der Waals surface area contributed by atoms with Crippen LogP contribution in [-0.4, -0.2) is 0 Å². The van der Waals surface area contributed by atoms with E-state index in [9.17, 15) is 0 Å². The summed E-state index contributed by atoms with van der Waals surface area (Å²) in [7, 11) is 0. The van der Waals surface area contributed by atoms with Crippen LogP contribution in [0.25, 0.3) is 0 Å². The molecule has 0 aromatic carbocycles. The summed E-state index contributed by atoms with van der Waals surface area (Å²) in [5, 5.41) is 0. The second-order valence-corrected chi connectivity index (χ2v) is 4.11. The van der Waals surface area contributed by atoms with Crippen molar-refractivity contribution >= 4 is 0 Å². The standard InChI is InChI=1S/C9H16/c1-7-3-5-9(7)6-4-8(9)2/h7-8H,3-6H2,1-2H3. The van der Waals surface area contributed by atoms with Crippen LogP contribution in [-0.2, 0) is 0 Å². The minimum Gasteiger partial charge on any atom is -0.0620 e. The van der Waals surface area contributed by atoms with E-state index in [1.807, 2.05) is 0 Å². The summed E-state index contributed by atoms with van der Waals surface area (Å²) in [5.74, 6) is 2.11. The molecule has 1 spiro atoms. The lowest BCUT2D eigenvalue weighted by atomic mass is 9.45. The molecule has 2 aliphatic rings. The van der Waals surface area contributed by atoms with Crippen LogP contribution in [0.5, 0.6) is 0 Å². The SMILES string of the molecule is CC1CCC12CCC2C. The summed E-state index contributed by atoms with van der Waals surface area (Å²) < 4.78 is 0. The van der Waals surface area contributed by atoms with Gasteiger partial charge in [0.05, 0.1) is 0 Å². The predicted molar refractivity (Wildman–Crippen MR) is 39.2 cm³/mol. The largest absolute Gasteiger partial charge is 0.0620 e. The van der Waals surface area contributed by atoms with Gasteiger partial charge >= 0.3 is 0 Å². The Labute approximate surface area is 57.6 Å². The van der Waals surface area contributed by atoms with Crippen LogP contribution in [0.2, 0.25) is 0 Å². The molecule has 9 heavy (non-hydrogen) atoms. The van der Waals surface area contributed by atoms with E-state index in [2.05, 4.69) is 13.8 Å². The fourth-order valence-corrected chi connectivity index (χ4v) is 2.71. The Balaban J connectivity index is 2.08. The minimum absolute atomic E-state index is 0.861. The van der Waals surface area contributed by atoms with E-state index in [1.54, 1.807) is 0 Å². The predicted octanol–water partition coefficient (Wildman–Crippen LogP) is 2.83. The lowest BCUT2D eigenvalue weighted by Crippen LogP contribution is -2.50. The normalized spacial score (nSPS) is 56.7. The van der Waals surface area contributed by atoms with E-state index in [1.165, 1.54) is 25.7 Å². The number of hydrogen-bond donors (Lipinski definition) is 0. The van der Waals surface area contributed by atoms with Gasteiger partial charge in [-0.15, -0.1) is 0 Å². The first-order valence-electron chi connectivity index (χ1n) is 4.26. The molecular weight excluding hydrogens is 108 g/mol. The molecule has 2 rings (SSSR count). The van der Waals surface area contributed by atoms with Gasteiger partial charge in [0.2, 0.25) is 0 Å². The first-order chi connectivity index (χ1) is 4.26. The molecule has 0 aromatic rings. The van der Waals surface area contributed by atoms with Crippen LogP contribution in [0.3, 0.4) is 0 Å². The van der Waals surface area contributed by atoms with Crippen LogP contribution in [0, 0.1) is 17.3 Å². The van der Waals surface area contributed by atoms with E-state index in [-0.39, 0.29) is 0 Å². The maximum absolute atomic E-state index is 2.43. The lowest BCUT2D eigenvalue weighted by Gasteiger charge is -2.59. The molecule has 2 atom stereocenters. The highest BCUT2D eigenvalue weighted by molar-refractivity contribution is 5.02. The lowest BCUT2D eigenvalue weighted by molar-refractivity contribution is -0.0951. The van der Waals surface area contributed by atoms with Crippen molar-refractivity contribution in [2.75, 3.05) is 0 Å². The van der Waals surface area contributed by atoms with Gasteiger partial charge in [-0.1, -0.05) is 13.8 Å². The van der Waals surface area contributed by atoms with Gasteiger partial charge in [0, 0.05) is 0 Å². The molecule has 0 nitrogen and oxygen atoms in total. The first kappa shape index (κ1) is 5.76. The van der Waals surface area contributed by atoms with Crippen LogP contribution >= 0.6 is 0 Å². The Bertz CT molecular complexity index is 110. The Kier molecular flexibility index (Phi) is 0.980. The molecule has 52 valence electrons. The van der Waals surface area contributed by atoms with Gasteiger partial charge < -0.3 is 0 Å². The summed E-state index contributed by atoms with van der Waals surface area (Å²) in [6, 6.07) is 0. The van der Waals surface area contributed by atoms with E-state index in [0.29, 0.717) is 0 Å². The van der Waals surface area contributed by atoms with Gasteiger partial charge in [0.15, 0.2) is 0 Å². The van der Waals surface area contributed by atoms with Crippen LogP contribution < -0.4 is 0 Å². The fraction of sp³-hybridized carbons (Fsp3) is 1.00. The Morgan fingerprint density at radius 3 is 1.44 bits per heavy atom. The number of hydrogen-bond acceptors (Lipinski definition) is 0.